The van der Waals surface area contributed by atoms with Crippen molar-refractivity contribution >= 4 is 17.7 Å². The van der Waals surface area contributed by atoms with Gasteiger partial charge in [0.1, 0.15) is 18.2 Å². The van der Waals surface area contributed by atoms with Gasteiger partial charge < -0.3 is 10.2 Å². The van der Waals surface area contributed by atoms with Crippen LogP contribution in [0.4, 0.5) is 8.78 Å². The molecule has 0 atom stereocenters. The van der Waals surface area contributed by atoms with Gasteiger partial charge in [0.25, 0.3) is 0 Å². The van der Waals surface area contributed by atoms with Crippen LogP contribution in [0.15, 0.2) is 47.4 Å². The predicted molar refractivity (Wildman–Crippen MR) is 99.0 cm³/mol. The van der Waals surface area contributed by atoms with Crippen LogP contribution in [-0.4, -0.2) is 24.7 Å². The second-order valence-electron chi connectivity index (χ2n) is 6.59. The average Bonchev–Trinajstić information content (AvgIpc) is 3.15. The maximum Gasteiger partial charge on any atom is 0.230 e. The van der Waals surface area contributed by atoms with Crippen LogP contribution in [0.3, 0.4) is 0 Å². The molecule has 1 aliphatic heterocycles. The summed E-state index contributed by atoms with van der Waals surface area (Å²) in [6.45, 7) is 3.99. The molecule has 0 aliphatic carbocycles. The van der Waals surface area contributed by atoms with Crippen LogP contribution in [0.5, 0.6) is 0 Å². The molecular formula is C20H23F2N2OS+. The van der Waals surface area contributed by atoms with Crippen LogP contribution in [0, 0.1) is 11.6 Å². The number of nitrogens with one attached hydrogen (secondary N) is 2. The lowest BCUT2D eigenvalue weighted by Crippen LogP contribution is -3.08. The third kappa shape index (κ3) is 5.54. The van der Waals surface area contributed by atoms with E-state index in [0.29, 0.717) is 6.54 Å². The molecule has 1 fully saturated rings. The number of rotatable bonds is 7. The number of halogens is 2. The highest BCUT2D eigenvalue weighted by atomic mass is 32.2. The molecule has 2 N–H and O–H groups in total. The molecule has 2 aromatic carbocycles. The van der Waals surface area contributed by atoms with Crippen LogP contribution in [0.1, 0.15) is 24.0 Å². The fraction of sp³-hybridized carbons (Fsp3) is 0.350. The zero-order chi connectivity index (χ0) is 18.4. The molecule has 0 spiro atoms. The van der Waals surface area contributed by atoms with E-state index in [1.165, 1.54) is 31.5 Å². The van der Waals surface area contributed by atoms with Gasteiger partial charge in [0.15, 0.2) is 0 Å². The van der Waals surface area contributed by atoms with Crippen molar-refractivity contribution in [3.05, 3.63) is 65.2 Å². The van der Waals surface area contributed by atoms with Gasteiger partial charge in [-0.05, 0) is 23.8 Å². The molecule has 0 radical (unpaired) electrons. The van der Waals surface area contributed by atoms with Crippen molar-refractivity contribution in [1.29, 1.82) is 0 Å². The maximum absolute atomic E-state index is 13.5. The normalized spacial score (nSPS) is 14.5. The lowest BCUT2D eigenvalue weighted by atomic mass is 10.1. The van der Waals surface area contributed by atoms with Crippen molar-refractivity contribution in [2.75, 3.05) is 18.8 Å². The largest absolute Gasteiger partial charge is 0.351 e. The van der Waals surface area contributed by atoms with E-state index in [1.54, 1.807) is 4.90 Å². The monoisotopic (exact) mass is 377 g/mol. The molecule has 0 aromatic heterocycles. The Hall–Kier alpha value is -1.92. The Morgan fingerprint density at radius 2 is 1.73 bits per heavy atom. The van der Waals surface area contributed by atoms with Crippen LogP contribution in [0.25, 0.3) is 0 Å². The molecule has 3 nitrogen and oxygen atoms in total. The van der Waals surface area contributed by atoms with E-state index in [1.807, 2.05) is 12.1 Å². The third-order valence-electron chi connectivity index (χ3n) is 4.53. The maximum atomic E-state index is 13.5. The molecule has 138 valence electrons. The zero-order valence-corrected chi connectivity index (χ0v) is 15.4. The number of quaternary nitrogens is 1. The van der Waals surface area contributed by atoms with Gasteiger partial charge in [-0.1, -0.05) is 24.3 Å². The topological polar surface area (TPSA) is 33.5 Å². The van der Waals surface area contributed by atoms with E-state index < -0.39 is 11.6 Å². The number of likely N-dealkylation sites (tertiary alicyclic amines) is 1. The molecule has 26 heavy (non-hydrogen) atoms. The predicted octanol–water partition coefficient (Wildman–Crippen LogP) is 2.55. The minimum atomic E-state index is -0.514. The Labute approximate surface area is 156 Å². The Morgan fingerprint density at radius 3 is 2.46 bits per heavy atom. The lowest BCUT2D eigenvalue weighted by molar-refractivity contribution is -0.901. The van der Waals surface area contributed by atoms with Gasteiger partial charge >= 0.3 is 0 Å². The Balaban J connectivity index is 1.43. The molecule has 0 unspecified atom stereocenters. The van der Waals surface area contributed by atoms with E-state index in [2.05, 4.69) is 17.4 Å². The van der Waals surface area contributed by atoms with Crippen LogP contribution in [0.2, 0.25) is 0 Å². The third-order valence-corrected chi connectivity index (χ3v) is 5.56. The first-order chi connectivity index (χ1) is 12.6. The molecule has 0 saturated carbocycles. The van der Waals surface area contributed by atoms with E-state index in [0.717, 1.165) is 42.1 Å². The molecule has 2 aromatic rings. The number of benzene rings is 2. The summed E-state index contributed by atoms with van der Waals surface area (Å²) in [6.07, 6.45) is 2.63. The van der Waals surface area contributed by atoms with Gasteiger partial charge in [0.05, 0.1) is 18.8 Å². The van der Waals surface area contributed by atoms with Crippen molar-refractivity contribution in [2.24, 2.45) is 0 Å². The highest BCUT2D eigenvalue weighted by Gasteiger charge is 2.15. The van der Waals surface area contributed by atoms with Gasteiger partial charge in [-0.3, -0.25) is 4.79 Å². The Kier molecular flexibility index (Phi) is 6.63. The van der Waals surface area contributed by atoms with Gasteiger partial charge in [0, 0.05) is 29.8 Å². The summed E-state index contributed by atoms with van der Waals surface area (Å²) in [5.41, 5.74) is 2.34. The van der Waals surface area contributed by atoms with Crippen LogP contribution in [-0.2, 0) is 17.9 Å². The molecule has 1 heterocycles. The molecule has 6 heteroatoms. The zero-order valence-electron chi connectivity index (χ0n) is 14.6. The molecule has 0 bridgehead atoms. The van der Waals surface area contributed by atoms with E-state index in [9.17, 15) is 13.6 Å². The first-order valence-corrected chi connectivity index (χ1v) is 9.84. The highest BCUT2D eigenvalue weighted by molar-refractivity contribution is 8.00. The summed E-state index contributed by atoms with van der Waals surface area (Å²) in [5.74, 6) is -1.18. The lowest BCUT2D eigenvalue weighted by Gasteiger charge is -2.12. The number of amides is 1. The summed E-state index contributed by atoms with van der Waals surface area (Å²) in [4.78, 5) is 13.7. The molecular weight excluding hydrogens is 354 g/mol. The van der Waals surface area contributed by atoms with Crippen molar-refractivity contribution in [3.63, 3.8) is 0 Å². The second-order valence-corrected chi connectivity index (χ2v) is 7.61. The fourth-order valence-electron chi connectivity index (χ4n) is 3.10. The van der Waals surface area contributed by atoms with Gasteiger partial charge in [-0.15, -0.1) is 11.8 Å². The van der Waals surface area contributed by atoms with Crippen molar-refractivity contribution < 1.29 is 18.5 Å². The summed E-state index contributed by atoms with van der Waals surface area (Å²) in [6, 6.07) is 11.5. The van der Waals surface area contributed by atoms with Gasteiger partial charge in [-0.25, -0.2) is 8.78 Å². The number of thioether (sulfide) groups is 1. The number of hydrogen-bond donors (Lipinski definition) is 2. The minimum absolute atomic E-state index is 0.0524. The van der Waals surface area contributed by atoms with E-state index in [-0.39, 0.29) is 16.6 Å². The van der Waals surface area contributed by atoms with Crippen molar-refractivity contribution in [1.82, 2.24) is 5.32 Å². The smallest absolute Gasteiger partial charge is 0.230 e. The average molecular weight is 377 g/mol. The molecule has 1 saturated heterocycles. The summed E-state index contributed by atoms with van der Waals surface area (Å²) < 4.78 is 26.7. The SMILES string of the molecule is O=C(CSc1cc(F)ccc1F)NCc1ccc(C[NH+]2CCCC2)cc1. The van der Waals surface area contributed by atoms with Gasteiger partial charge in [-0.2, -0.15) is 0 Å². The quantitative estimate of drug-likeness (QED) is 0.727. The highest BCUT2D eigenvalue weighted by Crippen LogP contribution is 2.22. The number of carbonyl (C=O) groups is 1. The van der Waals surface area contributed by atoms with Crippen LogP contribution >= 0.6 is 11.8 Å². The molecule has 1 amide bonds. The number of carbonyl (C=O) groups excluding carboxylic acids is 1. The van der Waals surface area contributed by atoms with Crippen LogP contribution < -0.4 is 10.2 Å². The second kappa shape index (κ2) is 9.14. The minimum Gasteiger partial charge on any atom is -0.351 e. The first-order valence-electron chi connectivity index (χ1n) is 8.86. The van der Waals surface area contributed by atoms with Gasteiger partial charge in [0.2, 0.25) is 5.91 Å². The number of hydrogen-bond acceptors (Lipinski definition) is 2. The summed E-state index contributed by atoms with van der Waals surface area (Å²) in [5, 5.41) is 2.81. The standard InChI is InChI=1S/C20H22F2N2OS/c21-17-7-8-18(22)19(11-17)26-14-20(25)23-12-15-3-5-16(6-4-15)13-24-9-1-2-10-24/h3-8,11H,1-2,9-10,12-14H2,(H,23,25)/p+1. The molecule has 1 aliphatic rings. The van der Waals surface area contributed by atoms with E-state index in [4.69, 9.17) is 0 Å². The van der Waals surface area contributed by atoms with Crippen molar-refractivity contribution in [2.45, 2.75) is 30.8 Å². The summed E-state index contributed by atoms with van der Waals surface area (Å²) in [7, 11) is 0. The first kappa shape index (κ1) is 18.9. The van der Waals surface area contributed by atoms with Crippen molar-refractivity contribution in [3.8, 4) is 0 Å². The van der Waals surface area contributed by atoms with E-state index >= 15 is 0 Å². The summed E-state index contributed by atoms with van der Waals surface area (Å²) >= 11 is 0.995. The fourth-order valence-corrected chi connectivity index (χ4v) is 3.89. The Morgan fingerprint density at radius 1 is 1.04 bits per heavy atom. The Bertz CT molecular complexity index is 746. The molecule has 3 rings (SSSR count).